The fourth-order valence-electron chi connectivity index (χ4n) is 3.66. The van der Waals surface area contributed by atoms with Crippen LogP contribution < -0.4 is 5.63 Å². The Bertz CT molecular complexity index is 799. The number of phenolic OH excluding ortho intramolecular Hbond substituents is 1. The standard InChI is InChI=1S/C19H24ClNO3/c1-3-5-13-8-17(22)24-19-14(13)9-16(20)18(23)15(19)11-21-7-4-6-12(2)10-21/h8-9,12,23H,3-7,10-11H2,1-2H3/t12-/m1/s1. The van der Waals surface area contributed by atoms with Crippen molar-refractivity contribution in [3.8, 4) is 5.75 Å². The molecule has 0 saturated carbocycles. The summed E-state index contributed by atoms with van der Waals surface area (Å²) in [6, 6.07) is 3.24. The molecule has 2 aromatic rings. The van der Waals surface area contributed by atoms with Crippen LogP contribution >= 0.6 is 11.6 Å². The topological polar surface area (TPSA) is 53.7 Å². The van der Waals surface area contributed by atoms with Gasteiger partial charge in [-0.15, -0.1) is 0 Å². The number of piperidine rings is 1. The summed E-state index contributed by atoms with van der Waals surface area (Å²) in [5.41, 5.74) is 1.66. The molecule has 0 radical (unpaired) electrons. The van der Waals surface area contributed by atoms with Crippen LogP contribution in [0.25, 0.3) is 11.0 Å². The van der Waals surface area contributed by atoms with E-state index < -0.39 is 0 Å². The summed E-state index contributed by atoms with van der Waals surface area (Å²) in [5, 5.41) is 11.6. The molecular weight excluding hydrogens is 326 g/mol. The fraction of sp³-hybridized carbons (Fsp3) is 0.526. The Balaban J connectivity index is 2.11. The summed E-state index contributed by atoms with van der Waals surface area (Å²) in [4.78, 5) is 14.3. The molecule has 1 aromatic heterocycles. The van der Waals surface area contributed by atoms with Gasteiger partial charge in [0, 0.05) is 24.5 Å². The number of aryl methyl sites for hydroxylation is 1. The van der Waals surface area contributed by atoms with Crippen LogP contribution in [0.4, 0.5) is 0 Å². The van der Waals surface area contributed by atoms with E-state index in [9.17, 15) is 9.90 Å². The maximum atomic E-state index is 12.0. The minimum atomic E-state index is -0.374. The normalized spacial score (nSPS) is 19.0. The van der Waals surface area contributed by atoms with E-state index in [0.29, 0.717) is 28.6 Å². The van der Waals surface area contributed by atoms with Crippen LogP contribution in [-0.2, 0) is 13.0 Å². The van der Waals surface area contributed by atoms with Crippen molar-refractivity contribution in [1.82, 2.24) is 4.90 Å². The number of phenols is 1. The highest BCUT2D eigenvalue weighted by atomic mass is 35.5. The molecule has 24 heavy (non-hydrogen) atoms. The largest absolute Gasteiger partial charge is 0.506 e. The van der Waals surface area contributed by atoms with Crippen molar-refractivity contribution < 1.29 is 9.52 Å². The van der Waals surface area contributed by atoms with Crippen LogP contribution in [0, 0.1) is 5.92 Å². The maximum Gasteiger partial charge on any atom is 0.336 e. The molecule has 0 amide bonds. The van der Waals surface area contributed by atoms with Gasteiger partial charge in [-0.2, -0.15) is 0 Å². The molecule has 0 unspecified atom stereocenters. The summed E-state index contributed by atoms with van der Waals surface area (Å²) < 4.78 is 5.48. The molecular formula is C19H24ClNO3. The third kappa shape index (κ3) is 3.45. The van der Waals surface area contributed by atoms with Gasteiger partial charge in [-0.3, -0.25) is 4.90 Å². The third-order valence-electron chi connectivity index (χ3n) is 4.78. The second-order valence-electron chi connectivity index (χ2n) is 6.89. The molecule has 4 nitrogen and oxygen atoms in total. The highest BCUT2D eigenvalue weighted by molar-refractivity contribution is 6.33. The number of rotatable bonds is 4. The Hall–Kier alpha value is -1.52. The van der Waals surface area contributed by atoms with Crippen molar-refractivity contribution in [3.05, 3.63) is 38.7 Å². The van der Waals surface area contributed by atoms with Gasteiger partial charge in [0.05, 0.1) is 10.6 Å². The van der Waals surface area contributed by atoms with Crippen LogP contribution in [0.15, 0.2) is 21.3 Å². The van der Waals surface area contributed by atoms with E-state index >= 15 is 0 Å². The van der Waals surface area contributed by atoms with Crippen LogP contribution in [-0.4, -0.2) is 23.1 Å². The molecule has 1 aliphatic rings. The minimum absolute atomic E-state index is 0.0270. The number of likely N-dealkylation sites (tertiary alicyclic amines) is 1. The lowest BCUT2D eigenvalue weighted by atomic mass is 9.98. The van der Waals surface area contributed by atoms with Gasteiger partial charge in [0.2, 0.25) is 0 Å². The Morgan fingerprint density at radius 3 is 2.92 bits per heavy atom. The molecule has 0 aliphatic carbocycles. The fourth-order valence-corrected chi connectivity index (χ4v) is 3.88. The number of hydrogen-bond acceptors (Lipinski definition) is 4. The van der Waals surface area contributed by atoms with E-state index in [4.69, 9.17) is 16.0 Å². The zero-order chi connectivity index (χ0) is 17.3. The summed E-state index contributed by atoms with van der Waals surface area (Å²) >= 11 is 6.26. The predicted octanol–water partition coefficient (Wildman–Crippen LogP) is 4.34. The first-order valence-corrected chi connectivity index (χ1v) is 9.06. The second kappa shape index (κ2) is 7.16. The molecule has 130 valence electrons. The second-order valence-corrected chi connectivity index (χ2v) is 7.29. The number of hydrogen-bond donors (Lipinski definition) is 1. The summed E-state index contributed by atoms with van der Waals surface area (Å²) in [6.45, 7) is 6.81. The molecule has 1 saturated heterocycles. The Morgan fingerprint density at radius 2 is 2.21 bits per heavy atom. The average Bonchev–Trinajstić information content (AvgIpc) is 2.53. The Morgan fingerprint density at radius 1 is 1.42 bits per heavy atom. The predicted molar refractivity (Wildman–Crippen MR) is 96.8 cm³/mol. The summed E-state index contributed by atoms with van der Waals surface area (Å²) in [5.74, 6) is 0.660. The number of nitrogens with zero attached hydrogens (tertiary/aromatic N) is 1. The van der Waals surface area contributed by atoms with Gasteiger partial charge < -0.3 is 9.52 Å². The van der Waals surface area contributed by atoms with Crippen molar-refractivity contribution in [2.75, 3.05) is 13.1 Å². The molecule has 3 rings (SSSR count). The number of halogens is 1. The number of aromatic hydroxyl groups is 1. The minimum Gasteiger partial charge on any atom is -0.506 e. The molecule has 0 spiro atoms. The van der Waals surface area contributed by atoms with E-state index in [1.807, 2.05) is 0 Å². The first-order valence-electron chi connectivity index (χ1n) is 8.69. The van der Waals surface area contributed by atoms with Gasteiger partial charge >= 0.3 is 5.63 Å². The lowest BCUT2D eigenvalue weighted by Crippen LogP contribution is -2.33. The molecule has 2 heterocycles. The highest BCUT2D eigenvalue weighted by Gasteiger charge is 2.22. The Labute approximate surface area is 147 Å². The zero-order valence-corrected chi connectivity index (χ0v) is 15.0. The highest BCUT2D eigenvalue weighted by Crippen LogP contribution is 2.37. The first-order chi connectivity index (χ1) is 11.5. The SMILES string of the molecule is CCCc1cc(=O)oc2c(CN3CCC[C@@H](C)C3)c(O)c(Cl)cc12. The Kier molecular flexibility index (Phi) is 5.16. The van der Waals surface area contributed by atoms with Crippen LogP contribution in [0.3, 0.4) is 0 Å². The van der Waals surface area contributed by atoms with Crippen LogP contribution in [0.2, 0.25) is 5.02 Å². The molecule has 5 heteroatoms. The van der Waals surface area contributed by atoms with Gasteiger partial charge in [-0.05, 0) is 43.4 Å². The van der Waals surface area contributed by atoms with Crippen molar-refractivity contribution in [2.45, 2.75) is 46.1 Å². The van der Waals surface area contributed by atoms with Crippen molar-refractivity contribution in [2.24, 2.45) is 5.92 Å². The van der Waals surface area contributed by atoms with Gasteiger partial charge in [-0.1, -0.05) is 31.9 Å². The quantitative estimate of drug-likeness (QED) is 0.834. The monoisotopic (exact) mass is 349 g/mol. The molecule has 1 atom stereocenters. The molecule has 1 aliphatic heterocycles. The van der Waals surface area contributed by atoms with Crippen LogP contribution in [0.1, 0.15) is 44.2 Å². The number of fused-ring (bicyclic) bond motifs is 1. The van der Waals surface area contributed by atoms with Gasteiger partial charge in [0.15, 0.2) is 0 Å². The molecule has 1 fully saturated rings. The van der Waals surface area contributed by atoms with Crippen molar-refractivity contribution >= 4 is 22.6 Å². The van der Waals surface area contributed by atoms with Gasteiger partial charge in [0.25, 0.3) is 0 Å². The van der Waals surface area contributed by atoms with Gasteiger partial charge in [-0.25, -0.2) is 4.79 Å². The third-order valence-corrected chi connectivity index (χ3v) is 5.07. The van der Waals surface area contributed by atoms with E-state index in [-0.39, 0.29) is 11.4 Å². The lowest BCUT2D eigenvalue weighted by molar-refractivity contribution is 0.175. The summed E-state index contributed by atoms with van der Waals surface area (Å²) in [7, 11) is 0. The van der Waals surface area contributed by atoms with Gasteiger partial charge in [0.1, 0.15) is 11.3 Å². The molecule has 0 bridgehead atoms. The zero-order valence-electron chi connectivity index (χ0n) is 14.3. The summed E-state index contributed by atoms with van der Waals surface area (Å²) in [6.07, 6.45) is 4.08. The maximum absolute atomic E-state index is 12.0. The van der Waals surface area contributed by atoms with Crippen molar-refractivity contribution in [1.29, 1.82) is 0 Å². The average molecular weight is 350 g/mol. The van der Waals surface area contributed by atoms with E-state index in [1.165, 1.54) is 12.5 Å². The molecule has 1 N–H and O–H groups in total. The first kappa shape index (κ1) is 17.3. The number of benzene rings is 1. The van der Waals surface area contributed by atoms with Crippen molar-refractivity contribution in [3.63, 3.8) is 0 Å². The van der Waals surface area contributed by atoms with Crippen LogP contribution in [0.5, 0.6) is 5.75 Å². The van der Waals surface area contributed by atoms with E-state index in [2.05, 4.69) is 18.7 Å². The smallest absolute Gasteiger partial charge is 0.336 e. The van der Waals surface area contributed by atoms with E-state index in [1.54, 1.807) is 6.07 Å². The van der Waals surface area contributed by atoms with E-state index in [0.717, 1.165) is 43.3 Å². The molecule has 1 aromatic carbocycles. The lowest BCUT2D eigenvalue weighted by Gasteiger charge is -2.31.